The molecule has 2 aromatic heterocycles. The third kappa shape index (κ3) is 9.69. The fourth-order valence-electron chi connectivity index (χ4n) is 5.49. The van der Waals surface area contributed by atoms with Crippen molar-refractivity contribution < 1.29 is 23.5 Å². The molecule has 0 aliphatic heterocycles. The molecule has 1 amide bonds. The van der Waals surface area contributed by atoms with Crippen LogP contribution < -0.4 is 5.32 Å². The smallest absolute Gasteiger partial charge is 0.338 e. The van der Waals surface area contributed by atoms with Crippen molar-refractivity contribution in [2.45, 2.75) is 83.1 Å². The highest BCUT2D eigenvalue weighted by molar-refractivity contribution is 7.94. The summed E-state index contributed by atoms with van der Waals surface area (Å²) < 4.78 is 12.4. The Morgan fingerprint density at radius 2 is 1.65 bits per heavy atom. The summed E-state index contributed by atoms with van der Waals surface area (Å²) in [5.41, 5.74) is 4.01. The largest absolute Gasteiger partial charge is 0.462 e. The van der Waals surface area contributed by atoms with E-state index in [4.69, 9.17) is 14.0 Å². The lowest BCUT2D eigenvalue weighted by Gasteiger charge is -2.16. The van der Waals surface area contributed by atoms with Gasteiger partial charge in [-0.1, -0.05) is 108 Å². The highest BCUT2D eigenvalue weighted by Gasteiger charge is 2.27. The number of carbonyl (C=O) groups is 2. The lowest BCUT2D eigenvalue weighted by molar-refractivity contribution is -0.160. The summed E-state index contributed by atoms with van der Waals surface area (Å²) >= 11 is 0.958. The predicted molar refractivity (Wildman–Crippen MR) is 197 cm³/mol. The number of carbonyl (C=O) groups excluding carboxylic acids is 2. The molecule has 0 saturated heterocycles. The SMILES string of the molecule is CCCCCCCCOC(=O)c1ccccc1CNC(=O)c1cc(SOOC)ccc1N=Nc1c(C(C)(C)C)[nH]n2c(-c3ccccc3)nnc12. The summed E-state index contributed by atoms with van der Waals surface area (Å²) in [6, 6.07) is 22.0. The molecular weight excluding hydrogens is 667 g/mol. The zero-order valence-electron chi connectivity index (χ0n) is 29.8. The van der Waals surface area contributed by atoms with Crippen molar-refractivity contribution in [1.82, 2.24) is 25.1 Å². The number of aromatic nitrogens is 4. The second kappa shape index (κ2) is 17.9. The maximum absolute atomic E-state index is 13.8. The number of rotatable bonds is 17. The third-order valence-electron chi connectivity index (χ3n) is 8.19. The summed E-state index contributed by atoms with van der Waals surface area (Å²) in [7, 11) is 1.40. The quantitative estimate of drug-likeness (QED) is 0.0242. The van der Waals surface area contributed by atoms with Crippen molar-refractivity contribution >= 4 is 40.9 Å². The van der Waals surface area contributed by atoms with Crippen LogP contribution in [0.1, 0.15) is 98.2 Å². The molecule has 0 atom stereocenters. The maximum Gasteiger partial charge on any atom is 0.338 e. The number of nitrogens with one attached hydrogen (secondary N) is 2. The van der Waals surface area contributed by atoms with Crippen LogP contribution in [0, 0.1) is 0 Å². The minimum Gasteiger partial charge on any atom is -0.462 e. The number of amides is 1. The first-order valence-corrected chi connectivity index (χ1v) is 17.9. The fraction of sp³-hybridized carbons (Fsp3) is 0.368. The molecule has 0 unspecified atom stereocenters. The van der Waals surface area contributed by atoms with Crippen molar-refractivity contribution in [2.24, 2.45) is 10.2 Å². The Hall–Kier alpha value is -4.85. The number of azo groups is 1. The van der Waals surface area contributed by atoms with Crippen LogP contribution >= 0.6 is 12.0 Å². The minimum absolute atomic E-state index is 0.0955. The molecule has 5 aromatic rings. The van der Waals surface area contributed by atoms with Gasteiger partial charge in [0.1, 0.15) is 0 Å². The zero-order valence-corrected chi connectivity index (χ0v) is 30.6. The van der Waals surface area contributed by atoms with E-state index in [0.717, 1.165) is 42.6 Å². The third-order valence-corrected chi connectivity index (χ3v) is 8.84. The molecule has 0 bridgehead atoms. The van der Waals surface area contributed by atoms with Gasteiger partial charge in [0.15, 0.2) is 11.5 Å². The van der Waals surface area contributed by atoms with Crippen LogP contribution in [0.15, 0.2) is 87.9 Å². The lowest BCUT2D eigenvalue weighted by atomic mass is 9.91. The second-order valence-electron chi connectivity index (χ2n) is 13.1. The first-order chi connectivity index (χ1) is 24.7. The zero-order chi connectivity index (χ0) is 36.2. The van der Waals surface area contributed by atoms with E-state index in [1.54, 1.807) is 40.9 Å². The highest BCUT2D eigenvalue weighted by Crippen LogP contribution is 2.37. The second-order valence-corrected chi connectivity index (χ2v) is 13.8. The van der Waals surface area contributed by atoms with Crippen molar-refractivity contribution in [2.75, 3.05) is 13.7 Å². The molecule has 5 rings (SSSR count). The standard InChI is InChI=1S/C38H45N7O5S/c1-6-7-8-9-10-16-23-49-37(47)29-20-15-14-19-27(29)25-39-36(46)30-24-28(51-50-48-5)21-22-31(30)40-41-32-33(38(2,3)4)44-45-34(42-43-35(32)45)26-17-12-11-13-18-26/h11-15,17-22,24,44H,6-10,16,23,25H2,1-5H3,(H,39,46). The number of hydrogen-bond donors (Lipinski definition) is 2. The molecule has 0 fully saturated rings. The van der Waals surface area contributed by atoms with Gasteiger partial charge in [0.25, 0.3) is 5.91 Å². The van der Waals surface area contributed by atoms with E-state index in [9.17, 15) is 9.59 Å². The Morgan fingerprint density at radius 1 is 0.902 bits per heavy atom. The number of H-pyrrole nitrogens is 1. The van der Waals surface area contributed by atoms with Gasteiger partial charge in [-0.3, -0.25) is 9.89 Å². The molecule has 2 N–H and O–H groups in total. The Balaban J connectivity index is 1.38. The fourth-order valence-corrected chi connectivity index (χ4v) is 5.93. The molecule has 0 aliphatic carbocycles. The van der Waals surface area contributed by atoms with Crippen molar-refractivity contribution in [3.63, 3.8) is 0 Å². The highest BCUT2D eigenvalue weighted by atomic mass is 32.2. The molecule has 2 heterocycles. The predicted octanol–water partition coefficient (Wildman–Crippen LogP) is 9.47. The number of fused-ring (bicyclic) bond motifs is 1. The summed E-state index contributed by atoms with van der Waals surface area (Å²) in [6.45, 7) is 8.84. The van der Waals surface area contributed by atoms with Crippen LogP contribution in [-0.4, -0.2) is 45.4 Å². The first-order valence-electron chi connectivity index (χ1n) is 17.2. The van der Waals surface area contributed by atoms with Crippen LogP contribution in [0.3, 0.4) is 0 Å². The van der Waals surface area contributed by atoms with Gasteiger partial charge < -0.3 is 10.1 Å². The Labute approximate surface area is 302 Å². The monoisotopic (exact) mass is 711 g/mol. The van der Waals surface area contributed by atoms with Crippen LogP contribution in [0.4, 0.5) is 11.4 Å². The number of ether oxygens (including phenoxy) is 1. The Morgan fingerprint density at radius 3 is 2.41 bits per heavy atom. The van der Waals surface area contributed by atoms with Gasteiger partial charge in [-0.25, -0.2) is 14.2 Å². The number of unbranched alkanes of at least 4 members (excludes halogenated alkanes) is 5. The minimum atomic E-state index is -0.414. The van der Waals surface area contributed by atoms with E-state index in [0.29, 0.717) is 45.5 Å². The van der Waals surface area contributed by atoms with E-state index in [2.05, 4.69) is 58.5 Å². The van der Waals surface area contributed by atoms with Gasteiger partial charge in [0, 0.05) is 22.4 Å². The molecule has 268 valence electrons. The van der Waals surface area contributed by atoms with E-state index < -0.39 is 11.9 Å². The maximum atomic E-state index is 13.8. The van der Waals surface area contributed by atoms with Crippen molar-refractivity contribution in [3.05, 3.63) is 95.2 Å². The van der Waals surface area contributed by atoms with Gasteiger partial charge in [-0.2, -0.15) is 4.33 Å². The van der Waals surface area contributed by atoms with Gasteiger partial charge in [-0.05, 0) is 36.2 Å². The van der Waals surface area contributed by atoms with Crippen LogP contribution in [0.5, 0.6) is 0 Å². The molecule has 12 nitrogen and oxygen atoms in total. The van der Waals surface area contributed by atoms with Crippen LogP contribution in [0.25, 0.3) is 17.0 Å². The van der Waals surface area contributed by atoms with E-state index in [-0.39, 0.29) is 17.5 Å². The molecule has 13 heteroatoms. The average Bonchev–Trinajstić information content (AvgIpc) is 3.72. The van der Waals surface area contributed by atoms with E-state index in [1.807, 2.05) is 36.4 Å². The number of benzene rings is 3. The van der Waals surface area contributed by atoms with Crippen molar-refractivity contribution in [3.8, 4) is 11.4 Å². The number of aromatic amines is 1. The molecule has 0 radical (unpaired) electrons. The Bertz CT molecular complexity index is 1950. The molecule has 0 spiro atoms. The Kier molecular flexibility index (Phi) is 13.1. The van der Waals surface area contributed by atoms with Gasteiger partial charge in [0.05, 0.1) is 48.3 Å². The lowest BCUT2D eigenvalue weighted by Crippen LogP contribution is -2.24. The van der Waals surface area contributed by atoms with Crippen LogP contribution in [-0.2, 0) is 25.9 Å². The van der Waals surface area contributed by atoms with E-state index >= 15 is 0 Å². The summed E-state index contributed by atoms with van der Waals surface area (Å²) in [6.07, 6.45) is 6.59. The normalized spacial score (nSPS) is 11.8. The molecule has 0 saturated carbocycles. The number of esters is 1. The van der Waals surface area contributed by atoms with Gasteiger partial charge in [0.2, 0.25) is 5.65 Å². The van der Waals surface area contributed by atoms with Crippen LogP contribution in [0.2, 0.25) is 0 Å². The topological polar surface area (TPSA) is 145 Å². The molecule has 3 aromatic carbocycles. The van der Waals surface area contributed by atoms with E-state index in [1.165, 1.54) is 26.4 Å². The summed E-state index contributed by atoms with van der Waals surface area (Å²) in [5.74, 6) is -0.179. The number of nitrogens with zero attached hydrogens (tertiary/aromatic N) is 5. The van der Waals surface area contributed by atoms with Gasteiger partial charge in [-0.15, -0.1) is 20.4 Å². The summed E-state index contributed by atoms with van der Waals surface area (Å²) in [5, 5.41) is 24.5. The first kappa shape index (κ1) is 37.4. The average molecular weight is 712 g/mol. The summed E-state index contributed by atoms with van der Waals surface area (Å²) in [4.78, 5) is 32.1. The number of hydrogen-bond acceptors (Lipinski definition) is 10. The molecule has 51 heavy (non-hydrogen) atoms. The molecule has 0 aliphatic rings. The molecular formula is C38H45N7O5S. The van der Waals surface area contributed by atoms with Gasteiger partial charge >= 0.3 is 5.97 Å². The van der Waals surface area contributed by atoms with Crippen molar-refractivity contribution in [1.29, 1.82) is 0 Å².